The summed E-state index contributed by atoms with van der Waals surface area (Å²) in [6, 6.07) is 0.612. The third-order valence-electron chi connectivity index (χ3n) is 3.08. The lowest BCUT2D eigenvalue weighted by Crippen LogP contribution is -2.41. The average molecular weight is 230 g/mol. The molecule has 0 spiro atoms. The third-order valence-corrected chi connectivity index (χ3v) is 3.08. The summed E-state index contributed by atoms with van der Waals surface area (Å²) in [6.07, 6.45) is 2.55. The number of rotatable bonds is 8. The third kappa shape index (κ3) is 5.25. The first-order chi connectivity index (χ1) is 7.76. The predicted molar refractivity (Wildman–Crippen MR) is 65.6 cm³/mol. The quantitative estimate of drug-likeness (QED) is 0.630. The van der Waals surface area contributed by atoms with Crippen molar-refractivity contribution in [3.8, 4) is 0 Å². The molecule has 0 saturated carbocycles. The molecule has 0 radical (unpaired) electrons. The highest BCUT2D eigenvalue weighted by Gasteiger charge is 2.18. The molecule has 0 amide bonds. The number of hydrogen-bond acceptors (Lipinski definition) is 4. The summed E-state index contributed by atoms with van der Waals surface area (Å²) in [5.74, 6) is 0.526. The molecule has 16 heavy (non-hydrogen) atoms. The SMILES string of the molecule is COCC(C)CN(CCO)CC1CCCN1. The molecule has 1 aliphatic rings. The molecular formula is C12H26N2O2. The maximum absolute atomic E-state index is 9.06. The van der Waals surface area contributed by atoms with Crippen LogP contribution >= 0.6 is 0 Å². The zero-order valence-electron chi connectivity index (χ0n) is 10.6. The van der Waals surface area contributed by atoms with Gasteiger partial charge in [-0.1, -0.05) is 6.92 Å². The summed E-state index contributed by atoms with van der Waals surface area (Å²) >= 11 is 0. The van der Waals surface area contributed by atoms with E-state index in [9.17, 15) is 0 Å². The van der Waals surface area contributed by atoms with Crippen LogP contribution in [0.5, 0.6) is 0 Å². The Hall–Kier alpha value is -0.160. The van der Waals surface area contributed by atoms with Crippen LogP contribution in [0, 0.1) is 5.92 Å². The van der Waals surface area contributed by atoms with E-state index in [2.05, 4.69) is 17.1 Å². The molecule has 0 aliphatic carbocycles. The zero-order chi connectivity index (χ0) is 11.8. The Morgan fingerprint density at radius 3 is 2.94 bits per heavy atom. The highest BCUT2D eigenvalue weighted by atomic mass is 16.5. The Morgan fingerprint density at radius 1 is 1.56 bits per heavy atom. The van der Waals surface area contributed by atoms with E-state index in [4.69, 9.17) is 9.84 Å². The Morgan fingerprint density at radius 2 is 2.38 bits per heavy atom. The van der Waals surface area contributed by atoms with Crippen molar-refractivity contribution in [3.63, 3.8) is 0 Å². The van der Waals surface area contributed by atoms with Crippen LogP contribution in [0.4, 0.5) is 0 Å². The number of nitrogens with one attached hydrogen (secondary N) is 1. The van der Waals surface area contributed by atoms with E-state index in [-0.39, 0.29) is 6.61 Å². The summed E-state index contributed by atoms with van der Waals surface area (Å²) < 4.78 is 5.15. The first-order valence-corrected chi connectivity index (χ1v) is 6.31. The average Bonchev–Trinajstić information content (AvgIpc) is 2.71. The van der Waals surface area contributed by atoms with Crippen LogP contribution in [-0.4, -0.2) is 62.6 Å². The van der Waals surface area contributed by atoms with Gasteiger partial charge in [-0.2, -0.15) is 0 Å². The standard InChI is InChI=1S/C12H26N2O2/c1-11(10-16-2)8-14(6-7-15)9-12-4-3-5-13-12/h11-13,15H,3-10H2,1-2H3. The Balaban J connectivity index is 2.27. The molecule has 1 rings (SSSR count). The number of methoxy groups -OCH3 is 1. The van der Waals surface area contributed by atoms with Gasteiger partial charge in [0.2, 0.25) is 0 Å². The highest BCUT2D eigenvalue weighted by Crippen LogP contribution is 2.08. The first-order valence-electron chi connectivity index (χ1n) is 6.31. The molecular weight excluding hydrogens is 204 g/mol. The number of ether oxygens (including phenoxy) is 1. The van der Waals surface area contributed by atoms with Gasteiger partial charge in [0.05, 0.1) is 6.61 Å². The van der Waals surface area contributed by atoms with Crippen molar-refractivity contribution in [2.24, 2.45) is 5.92 Å². The molecule has 0 aromatic carbocycles. The smallest absolute Gasteiger partial charge is 0.0558 e. The molecule has 4 heteroatoms. The maximum Gasteiger partial charge on any atom is 0.0558 e. The first kappa shape index (κ1) is 13.9. The van der Waals surface area contributed by atoms with Gasteiger partial charge >= 0.3 is 0 Å². The van der Waals surface area contributed by atoms with Crippen molar-refractivity contribution in [1.82, 2.24) is 10.2 Å². The molecule has 0 bridgehead atoms. The van der Waals surface area contributed by atoms with Gasteiger partial charge in [-0.3, -0.25) is 4.90 Å². The minimum Gasteiger partial charge on any atom is -0.395 e. The number of hydrogen-bond donors (Lipinski definition) is 2. The number of aliphatic hydroxyl groups is 1. The number of nitrogens with zero attached hydrogens (tertiary/aromatic N) is 1. The summed E-state index contributed by atoms with van der Waals surface area (Å²) in [4.78, 5) is 2.34. The second kappa shape index (κ2) is 8.01. The van der Waals surface area contributed by atoms with Gasteiger partial charge < -0.3 is 15.2 Å². The van der Waals surface area contributed by atoms with Crippen LogP contribution in [-0.2, 0) is 4.74 Å². The van der Waals surface area contributed by atoms with Gasteiger partial charge in [-0.05, 0) is 25.3 Å². The van der Waals surface area contributed by atoms with Gasteiger partial charge in [-0.15, -0.1) is 0 Å². The normalized spacial score (nSPS) is 22.9. The van der Waals surface area contributed by atoms with Gasteiger partial charge in [0.25, 0.3) is 0 Å². The van der Waals surface area contributed by atoms with E-state index in [1.54, 1.807) is 7.11 Å². The van der Waals surface area contributed by atoms with Crippen molar-refractivity contribution >= 4 is 0 Å². The topological polar surface area (TPSA) is 44.7 Å². The summed E-state index contributed by atoms with van der Waals surface area (Å²) in [5.41, 5.74) is 0. The Kier molecular flexibility index (Phi) is 6.96. The predicted octanol–water partition coefficient (Wildman–Crippen LogP) is 0.315. The summed E-state index contributed by atoms with van der Waals surface area (Å²) in [5, 5.41) is 12.6. The lowest BCUT2D eigenvalue weighted by atomic mass is 10.1. The van der Waals surface area contributed by atoms with Crippen molar-refractivity contribution in [3.05, 3.63) is 0 Å². The van der Waals surface area contributed by atoms with Crippen LogP contribution in [0.15, 0.2) is 0 Å². The van der Waals surface area contributed by atoms with Crippen LogP contribution in [0.2, 0.25) is 0 Å². The van der Waals surface area contributed by atoms with E-state index in [1.807, 2.05) is 0 Å². The molecule has 96 valence electrons. The fourth-order valence-electron chi connectivity index (χ4n) is 2.40. The molecule has 4 nitrogen and oxygen atoms in total. The summed E-state index contributed by atoms with van der Waals surface area (Å²) in [7, 11) is 1.74. The zero-order valence-corrected chi connectivity index (χ0v) is 10.6. The largest absolute Gasteiger partial charge is 0.395 e. The molecule has 0 aromatic rings. The van der Waals surface area contributed by atoms with Crippen molar-refractivity contribution in [1.29, 1.82) is 0 Å². The second-order valence-electron chi connectivity index (χ2n) is 4.84. The van der Waals surface area contributed by atoms with Gasteiger partial charge in [0, 0.05) is 39.4 Å². The lowest BCUT2D eigenvalue weighted by Gasteiger charge is -2.27. The molecule has 1 aliphatic heterocycles. The van der Waals surface area contributed by atoms with E-state index in [0.717, 1.165) is 32.8 Å². The van der Waals surface area contributed by atoms with E-state index in [1.165, 1.54) is 12.8 Å². The van der Waals surface area contributed by atoms with Crippen LogP contribution < -0.4 is 5.32 Å². The van der Waals surface area contributed by atoms with Gasteiger partial charge in [-0.25, -0.2) is 0 Å². The second-order valence-corrected chi connectivity index (χ2v) is 4.84. The molecule has 0 aromatic heterocycles. The molecule has 1 fully saturated rings. The van der Waals surface area contributed by atoms with E-state index >= 15 is 0 Å². The van der Waals surface area contributed by atoms with E-state index < -0.39 is 0 Å². The Labute approximate surface area is 99.0 Å². The molecule has 2 unspecified atom stereocenters. The fourth-order valence-corrected chi connectivity index (χ4v) is 2.40. The minimum absolute atomic E-state index is 0.242. The van der Waals surface area contributed by atoms with Crippen LogP contribution in [0.1, 0.15) is 19.8 Å². The maximum atomic E-state index is 9.06. The van der Waals surface area contributed by atoms with Crippen LogP contribution in [0.3, 0.4) is 0 Å². The molecule has 1 saturated heterocycles. The van der Waals surface area contributed by atoms with Gasteiger partial charge in [0.15, 0.2) is 0 Å². The van der Waals surface area contributed by atoms with Crippen molar-refractivity contribution < 1.29 is 9.84 Å². The van der Waals surface area contributed by atoms with E-state index in [0.29, 0.717) is 12.0 Å². The Bertz CT molecular complexity index is 172. The van der Waals surface area contributed by atoms with Crippen molar-refractivity contribution in [2.45, 2.75) is 25.8 Å². The fraction of sp³-hybridized carbons (Fsp3) is 1.00. The molecule has 1 heterocycles. The minimum atomic E-state index is 0.242. The van der Waals surface area contributed by atoms with Crippen LogP contribution in [0.25, 0.3) is 0 Å². The molecule has 2 atom stereocenters. The monoisotopic (exact) mass is 230 g/mol. The lowest BCUT2D eigenvalue weighted by molar-refractivity contribution is 0.114. The van der Waals surface area contributed by atoms with Gasteiger partial charge in [0.1, 0.15) is 0 Å². The number of aliphatic hydroxyl groups excluding tert-OH is 1. The van der Waals surface area contributed by atoms with Crippen molar-refractivity contribution in [2.75, 3.05) is 46.5 Å². The molecule has 2 N–H and O–H groups in total. The highest BCUT2D eigenvalue weighted by molar-refractivity contribution is 4.78. The summed E-state index contributed by atoms with van der Waals surface area (Å²) in [6.45, 7) is 7.20.